The second kappa shape index (κ2) is 10.9. The molecule has 0 bridgehead atoms. The molecule has 42 heavy (non-hydrogen) atoms. The summed E-state index contributed by atoms with van der Waals surface area (Å²) < 4.78 is 31.1. The summed E-state index contributed by atoms with van der Waals surface area (Å²) in [6.07, 6.45) is -1.01. The van der Waals surface area contributed by atoms with Crippen LogP contribution in [0.3, 0.4) is 0 Å². The maximum absolute atomic E-state index is 13.7. The Kier molecular flexibility index (Phi) is 7.64. The molecule has 0 radical (unpaired) electrons. The van der Waals surface area contributed by atoms with Gasteiger partial charge in [-0.15, -0.1) is 0 Å². The standard InChI is InChI=1S/C33H38FN3O5/c1-31(2,3)42-30(39)37-18-25-28(33(25,6)20-37)41-27-17-23(16-26(35-27)22-12-14-24(34)15-13-22)32(4,5)36-29(38)40-19-21-10-8-7-9-11-21/h7-17,25,28H,18-20H2,1-6H3,(H,36,38)/t25-,28-,33-/m0/s1. The summed E-state index contributed by atoms with van der Waals surface area (Å²) in [6, 6.07) is 19.2. The molecule has 1 aliphatic heterocycles. The molecule has 2 amide bonds. The number of nitrogens with zero attached hydrogens (tertiary/aromatic N) is 2. The molecule has 3 atom stereocenters. The third-order valence-corrected chi connectivity index (χ3v) is 7.89. The van der Waals surface area contributed by atoms with E-state index in [1.807, 2.05) is 77.1 Å². The number of rotatable bonds is 7. The molecule has 0 unspecified atom stereocenters. The number of carbonyl (C=O) groups excluding carboxylic acids is 2. The summed E-state index contributed by atoms with van der Waals surface area (Å²) in [7, 11) is 0. The predicted molar refractivity (Wildman–Crippen MR) is 156 cm³/mol. The molecular weight excluding hydrogens is 537 g/mol. The van der Waals surface area contributed by atoms with Crippen molar-refractivity contribution in [3.05, 3.63) is 83.7 Å². The molecule has 0 spiro atoms. The summed E-state index contributed by atoms with van der Waals surface area (Å²) in [6.45, 7) is 12.6. The van der Waals surface area contributed by atoms with Gasteiger partial charge >= 0.3 is 12.2 Å². The number of benzene rings is 2. The fourth-order valence-electron chi connectivity index (χ4n) is 5.43. The minimum Gasteiger partial charge on any atom is -0.473 e. The molecule has 2 heterocycles. The quantitative estimate of drug-likeness (QED) is 0.338. The molecule has 1 saturated carbocycles. The predicted octanol–water partition coefficient (Wildman–Crippen LogP) is 6.68. The minimum atomic E-state index is -0.847. The van der Waals surface area contributed by atoms with Crippen molar-refractivity contribution in [2.75, 3.05) is 13.1 Å². The van der Waals surface area contributed by atoms with Gasteiger partial charge in [0, 0.05) is 36.1 Å². The largest absolute Gasteiger partial charge is 0.473 e. The van der Waals surface area contributed by atoms with Crippen molar-refractivity contribution in [2.24, 2.45) is 11.3 Å². The summed E-state index contributed by atoms with van der Waals surface area (Å²) in [4.78, 5) is 31.8. The van der Waals surface area contributed by atoms with Crippen LogP contribution >= 0.6 is 0 Å². The number of pyridine rings is 1. The molecule has 2 aliphatic rings. The van der Waals surface area contributed by atoms with Crippen molar-refractivity contribution in [3.8, 4) is 17.1 Å². The first kappa shape index (κ1) is 29.4. The molecule has 5 rings (SSSR count). The maximum Gasteiger partial charge on any atom is 0.410 e. The first-order valence-corrected chi connectivity index (χ1v) is 14.2. The van der Waals surface area contributed by atoms with Crippen molar-refractivity contribution < 1.29 is 28.2 Å². The second-order valence-corrected chi connectivity index (χ2v) is 12.9. The first-order valence-electron chi connectivity index (χ1n) is 14.2. The number of alkyl carbamates (subject to hydrolysis) is 1. The van der Waals surface area contributed by atoms with Crippen molar-refractivity contribution in [1.82, 2.24) is 15.2 Å². The molecular formula is C33H38FN3O5. The highest BCUT2D eigenvalue weighted by Crippen LogP contribution is 2.59. The monoisotopic (exact) mass is 575 g/mol. The van der Waals surface area contributed by atoms with Gasteiger partial charge in [-0.3, -0.25) is 0 Å². The number of halogens is 1. The highest BCUT2D eigenvalue weighted by atomic mass is 19.1. The summed E-state index contributed by atoms with van der Waals surface area (Å²) in [5.41, 5.74) is 1.30. The number of aromatic nitrogens is 1. The zero-order valence-corrected chi connectivity index (χ0v) is 24.9. The Hall–Kier alpha value is -4.14. The molecule has 2 fully saturated rings. The Morgan fingerprint density at radius 3 is 2.36 bits per heavy atom. The van der Waals surface area contributed by atoms with Crippen LogP contribution in [0.4, 0.5) is 14.0 Å². The molecule has 1 aromatic heterocycles. The van der Waals surface area contributed by atoms with Gasteiger partial charge < -0.3 is 24.4 Å². The molecule has 9 heteroatoms. The van der Waals surface area contributed by atoms with Crippen LogP contribution < -0.4 is 10.1 Å². The number of hydrogen-bond acceptors (Lipinski definition) is 6. The van der Waals surface area contributed by atoms with Gasteiger partial charge in [0.25, 0.3) is 0 Å². The van der Waals surface area contributed by atoms with Gasteiger partial charge in [-0.25, -0.2) is 19.0 Å². The minimum absolute atomic E-state index is 0.132. The van der Waals surface area contributed by atoms with Crippen LogP contribution in [0.5, 0.6) is 5.88 Å². The van der Waals surface area contributed by atoms with Crippen LogP contribution in [0.2, 0.25) is 0 Å². The summed E-state index contributed by atoms with van der Waals surface area (Å²) in [5.74, 6) is 0.190. The van der Waals surface area contributed by atoms with Crippen molar-refractivity contribution in [3.63, 3.8) is 0 Å². The highest BCUT2D eigenvalue weighted by molar-refractivity contribution is 5.70. The average molecular weight is 576 g/mol. The maximum atomic E-state index is 13.7. The topological polar surface area (TPSA) is 90.0 Å². The Balaban J connectivity index is 1.33. The van der Waals surface area contributed by atoms with E-state index in [-0.39, 0.29) is 36.0 Å². The SMILES string of the molecule is CC(C)(C)OC(=O)N1C[C@H]2[C@H](Oc3cc(C(C)(C)NC(=O)OCc4ccccc4)cc(-c4ccc(F)cc4)n3)[C@@]2(C)C1. The molecule has 3 aromatic rings. The molecule has 1 saturated heterocycles. The fraction of sp³-hybridized carbons (Fsp3) is 0.424. The Morgan fingerprint density at radius 2 is 1.74 bits per heavy atom. The van der Waals surface area contributed by atoms with Gasteiger partial charge in [0.1, 0.15) is 24.1 Å². The second-order valence-electron chi connectivity index (χ2n) is 12.9. The number of likely N-dealkylation sites (tertiary alicyclic amines) is 1. The number of ether oxygens (including phenoxy) is 3. The number of amides is 2. The van der Waals surface area contributed by atoms with E-state index >= 15 is 0 Å². The van der Waals surface area contributed by atoms with Crippen LogP contribution in [0, 0.1) is 17.2 Å². The van der Waals surface area contributed by atoms with Gasteiger partial charge in [0.05, 0.1) is 11.2 Å². The molecule has 222 valence electrons. The third kappa shape index (κ3) is 6.50. The van der Waals surface area contributed by atoms with Gasteiger partial charge in [0.2, 0.25) is 5.88 Å². The molecule has 2 aromatic carbocycles. The number of fused-ring (bicyclic) bond motifs is 1. The molecule has 1 N–H and O–H groups in total. The van der Waals surface area contributed by atoms with E-state index in [1.54, 1.807) is 17.0 Å². The van der Waals surface area contributed by atoms with Crippen LogP contribution in [0.25, 0.3) is 11.3 Å². The van der Waals surface area contributed by atoms with Crippen LogP contribution in [0.1, 0.15) is 52.7 Å². The number of hydrogen-bond donors (Lipinski definition) is 1. The number of piperidine rings is 1. The Bertz CT molecular complexity index is 1450. The van der Waals surface area contributed by atoms with E-state index < -0.39 is 17.2 Å². The van der Waals surface area contributed by atoms with Gasteiger partial charge in [-0.1, -0.05) is 37.3 Å². The van der Waals surface area contributed by atoms with E-state index in [0.717, 1.165) is 11.1 Å². The fourth-order valence-corrected chi connectivity index (χ4v) is 5.43. The van der Waals surface area contributed by atoms with E-state index in [0.29, 0.717) is 30.2 Å². The van der Waals surface area contributed by atoms with Gasteiger partial charge in [-0.2, -0.15) is 0 Å². The van der Waals surface area contributed by atoms with E-state index in [1.165, 1.54) is 12.1 Å². The van der Waals surface area contributed by atoms with Gasteiger partial charge in [0.15, 0.2) is 0 Å². The Morgan fingerprint density at radius 1 is 1.05 bits per heavy atom. The first-order chi connectivity index (χ1) is 19.7. The van der Waals surface area contributed by atoms with E-state index in [4.69, 9.17) is 19.2 Å². The van der Waals surface area contributed by atoms with Crippen molar-refractivity contribution >= 4 is 12.2 Å². The molecule has 8 nitrogen and oxygen atoms in total. The van der Waals surface area contributed by atoms with E-state index in [9.17, 15) is 14.0 Å². The lowest BCUT2D eigenvalue weighted by molar-refractivity contribution is 0.0234. The lowest BCUT2D eigenvalue weighted by atomic mass is 9.93. The highest BCUT2D eigenvalue weighted by Gasteiger charge is 2.69. The normalized spacial score (nSPS) is 21.4. The van der Waals surface area contributed by atoms with Crippen molar-refractivity contribution in [2.45, 2.75) is 65.4 Å². The van der Waals surface area contributed by atoms with Gasteiger partial charge in [-0.05, 0) is 76.1 Å². The lowest BCUT2D eigenvalue weighted by Crippen LogP contribution is -2.41. The average Bonchev–Trinajstić information content (AvgIpc) is 3.26. The van der Waals surface area contributed by atoms with Crippen LogP contribution in [-0.2, 0) is 21.6 Å². The van der Waals surface area contributed by atoms with Crippen LogP contribution in [-0.4, -0.2) is 46.9 Å². The van der Waals surface area contributed by atoms with E-state index in [2.05, 4.69) is 12.2 Å². The van der Waals surface area contributed by atoms with Crippen LogP contribution in [0.15, 0.2) is 66.7 Å². The number of carbonyl (C=O) groups is 2. The summed E-state index contributed by atoms with van der Waals surface area (Å²) >= 11 is 0. The molecule has 1 aliphatic carbocycles. The van der Waals surface area contributed by atoms with Crippen molar-refractivity contribution in [1.29, 1.82) is 0 Å². The summed E-state index contributed by atoms with van der Waals surface area (Å²) in [5, 5.41) is 2.95. The zero-order chi connectivity index (χ0) is 30.3. The smallest absolute Gasteiger partial charge is 0.410 e. The Labute approximate surface area is 246 Å². The zero-order valence-electron chi connectivity index (χ0n) is 24.9. The third-order valence-electron chi connectivity index (χ3n) is 7.89. The number of nitrogens with one attached hydrogen (secondary N) is 1. The lowest BCUT2D eigenvalue weighted by Gasteiger charge is -2.28.